The van der Waals surface area contributed by atoms with E-state index in [1.807, 2.05) is 43.3 Å². The Balaban J connectivity index is 1.56. The molecular formula is C27H23N2O4+. The van der Waals surface area contributed by atoms with Crippen LogP contribution in [-0.2, 0) is 16.8 Å². The number of quaternary nitrogens is 1. The molecule has 6 heteroatoms. The number of ether oxygens (including phenoxy) is 3. The van der Waals surface area contributed by atoms with Gasteiger partial charge in [-0.15, -0.1) is 0 Å². The van der Waals surface area contributed by atoms with Crippen molar-refractivity contribution in [2.24, 2.45) is 0 Å². The zero-order valence-corrected chi connectivity index (χ0v) is 18.3. The number of nitrogens with zero attached hydrogens (tertiary/aromatic N) is 2. The molecule has 0 saturated heterocycles. The molecule has 0 aliphatic carbocycles. The van der Waals surface area contributed by atoms with Crippen LogP contribution in [-0.4, -0.2) is 25.9 Å². The second kappa shape index (κ2) is 7.09. The van der Waals surface area contributed by atoms with Crippen molar-refractivity contribution in [2.75, 3.05) is 19.9 Å². The third-order valence-corrected chi connectivity index (χ3v) is 7.14. The maximum absolute atomic E-state index is 14.7. The van der Waals surface area contributed by atoms with E-state index in [9.17, 15) is 10.1 Å². The van der Waals surface area contributed by atoms with Gasteiger partial charge in [0, 0.05) is 22.8 Å². The molecule has 1 amide bonds. The fourth-order valence-electron chi connectivity index (χ4n) is 5.54. The van der Waals surface area contributed by atoms with Crippen molar-refractivity contribution in [3.8, 4) is 23.3 Å². The number of nitriles is 1. The molecule has 0 radical (unpaired) electrons. The van der Waals surface area contributed by atoms with Crippen molar-refractivity contribution in [3.63, 3.8) is 0 Å². The quantitative estimate of drug-likeness (QED) is 0.565. The fraction of sp³-hybridized carbons (Fsp3) is 0.259. The molecule has 3 aromatic carbocycles. The molecule has 3 heterocycles. The summed E-state index contributed by atoms with van der Waals surface area (Å²) >= 11 is 0. The summed E-state index contributed by atoms with van der Waals surface area (Å²) in [7, 11) is 0. The molecule has 33 heavy (non-hydrogen) atoms. The minimum Gasteiger partial charge on any atom is -0.491 e. The number of rotatable bonds is 4. The lowest BCUT2D eigenvalue weighted by molar-refractivity contribution is -0.134. The lowest BCUT2D eigenvalue weighted by atomic mass is 9.77. The van der Waals surface area contributed by atoms with Gasteiger partial charge in [-0.1, -0.05) is 48.0 Å². The first-order valence-corrected chi connectivity index (χ1v) is 11.1. The van der Waals surface area contributed by atoms with E-state index < -0.39 is 5.41 Å². The third-order valence-electron chi connectivity index (χ3n) is 7.14. The standard InChI is InChI=1S/C27H23N2O4/c1-18-7-9-19(10-8-18)15-29(12-4-11-28)22-6-3-2-5-20(22)27(26(29)30)16-31-23-14-25-24(13-21(23)27)32-17-33-25/h2-3,5-10,13-14H,4,12,15-17H2,1H3/q+1. The largest absolute Gasteiger partial charge is 0.491 e. The van der Waals surface area contributed by atoms with Crippen LogP contribution in [0.25, 0.3) is 0 Å². The predicted molar refractivity (Wildman–Crippen MR) is 122 cm³/mol. The van der Waals surface area contributed by atoms with Crippen molar-refractivity contribution < 1.29 is 19.0 Å². The molecule has 3 aromatic rings. The van der Waals surface area contributed by atoms with Crippen LogP contribution in [0.1, 0.15) is 28.7 Å². The molecule has 2 unspecified atom stereocenters. The molecule has 1 spiro atoms. The Bertz CT molecular complexity index is 1330. The third kappa shape index (κ3) is 2.66. The zero-order valence-electron chi connectivity index (χ0n) is 18.3. The minimum absolute atomic E-state index is 0.0390. The predicted octanol–water partition coefficient (Wildman–Crippen LogP) is 4.36. The normalized spacial score (nSPS) is 23.8. The summed E-state index contributed by atoms with van der Waals surface area (Å²) in [5.41, 5.74) is 3.97. The molecular weight excluding hydrogens is 416 g/mol. The number of para-hydroxylation sites is 1. The van der Waals surface area contributed by atoms with Gasteiger partial charge in [-0.2, -0.15) is 5.26 Å². The number of carbonyl (C=O) groups is 1. The number of hydrogen-bond donors (Lipinski definition) is 0. The average molecular weight is 439 g/mol. The van der Waals surface area contributed by atoms with E-state index >= 15 is 0 Å². The van der Waals surface area contributed by atoms with Crippen LogP contribution in [0.5, 0.6) is 17.2 Å². The highest BCUT2D eigenvalue weighted by Crippen LogP contribution is 2.57. The van der Waals surface area contributed by atoms with Gasteiger partial charge in [0.1, 0.15) is 31.1 Å². The van der Waals surface area contributed by atoms with Gasteiger partial charge in [0.25, 0.3) is 0 Å². The Morgan fingerprint density at radius 3 is 2.52 bits per heavy atom. The Kier molecular flexibility index (Phi) is 4.26. The molecule has 3 aliphatic rings. The molecule has 0 fully saturated rings. The second-order valence-corrected chi connectivity index (χ2v) is 8.96. The Morgan fingerprint density at radius 1 is 0.970 bits per heavy atom. The van der Waals surface area contributed by atoms with Gasteiger partial charge >= 0.3 is 5.91 Å². The number of hydrogen-bond acceptors (Lipinski definition) is 5. The number of benzene rings is 3. The number of fused-ring (bicyclic) bond motifs is 5. The van der Waals surface area contributed by atoms with Crippen molar-refractivity contribution in [3.05, 3.63) is 82.9 Å². The Morgan fingerprint density at radius 2 is 1.73 bits per heavy atom. The van der Waals surface area contributed by atoms with Gasteiger partial charge in [-0.05, 0) is 19.1 Å². The molecule has 2 atom stereocenters. The summed E-state index contributed by atoms with van der Waals surface area (Å²) < 4.78 is 17.4. The maximum atomic E-state index is 14.7. The SMILES string of the molecule is Cc1ccc(C[N+]2(CCC#N)C(=O)C3(COc4cc5c(cc43)OCO5)c3ccccc32)cc1. The molecule has 164 valence electrons. The monoisotopic (exact) mass is 439 g/mol. The van der Waals surface area contributed by atoms with E-state index in [-0.39, 0.29) is 30.2 Å². The molecule has 0 N–H and O–H groups in total. The van der Waals surface area contributed by atoms with Gasteiger partial charge in [-0.3, -0.25) is 0 Å². The molecule has 3 aliphatic heterocycles. The van der Waals surface area contributed by atoms with Gasteiger partial charge in [0.2, 0.25) is 6.79 Å². The molecule has 6 rings (SSSR count). The Hall–Kier alpha value is -3.82. The minimum atomic E-state index is -0.951. The van der Waals surface area contributed by atoms with Crippen molar-refractivity contribution in [1.29, 1.82) is 5.26 Å². The molecule has 0 bridgehead atoms. The average Bonchev–Trinajstić information content (AvgIpc) is 3.50. The lowest BCUT2D eigenvalue weighted by Gasteiger charge is -2.33. The van der Waals surface area contributed by atoms with Crippen molar-refractivity contribution in [2.45, 2.75) is 25.3 Å². The van der Waals surface area contributed by atoms with Gasteiger partial charge in [0.15, 0.2) is 16.9 Å². The van der Waals surface area contributed by atoms with Crippen LogP contribution in [0, 0.1) is 18.3 Å². The lowest BCUT2D eigenvalue weighted by Crippen LogP contribution is -2.57. The molecule has 0 saturated carbocycles. The number of carbonyl (C=O) groups excluding carboxylic acids is 1. The van der Waals surface area contributed by atoms with Crippen LogP contribution in [0.2, 0.25) is 0 Å². The fourth-order valence-corrected chi connectivity index (χ4v) is 5.54. The summed E-state index contributed by atoms with van der Waals surface area (Å²) in [5.74, 6) is 1.95. The van der Waals surface area contributed by atoms with E-state index in [4.69, 9.17) is 14.2 Å². The number of aryl methyl sites for hydroxylation is 1. The maximum Gasteiger partial charge on any atom is 0.338 e. The van der Waals surface area contributed by atoms with Crippen LogP contribution in [0.15, 0.2) is 60.7 Å². The Labute approximate surface area is 192 Å². The highest BCUT2D eigenvalue weighted by Gasteiger charge is 2.66. The summed E-state index contributed by atoms with van der Waals surface area (Å²) in [6.45, 7) is 3.32. The first-order chi connectivity index (χ1) is 16.1. The number of amides is 1. The summed E-state index contributed by atoms with van der Waals surface area (Å²) in [6.07, 6.45) is 0.275. The topological polar surface area (TPSA) is 68.6 Å². The van der Waals surface area contributed by atoms with Crippen LogP contribution >= 0.6 is 0 Å². The van der Waals surface area contributed by atoms with Crippen molar-refractivity contribution >= 4 is 11.6 Å². The summed E-state index contributed by atoms with van der Waals surface area (Å²) in [4.78, 5) is 14.7. The first kappa shape index (κ1) is 19.8. The van der Waals surface area contributed by atoms with Gasteiger partial charge < -0.3 is 14.2 Å². The summed E-state index contributed by atoms with van der Waals surface area (Å²) in [6, 6.07) is 22.2. The van der Waals surface area contributed by atoms with E-state index in [2.05, 4.69) is 30.3 Å². The zero-order chi connectivity index (χ0) is 22.6. The van der Waals surface area contributed by atoms with Crippen LogP contribution < -0.4 is 18.7 Å². The van der Waals surface area contributed by atoms with E-state index in [0.717, 1.165) is 22.4 Å². The highest BCUT2D eigenvalue weighted by atomic mass is 16.7. The molecule has 0 aromatic heterocycles. The van der Waals surface area contributed by atoms with Gasteiger partial charge in [0.05, 0.1) is 12.5 Å². The molecule has 6 nitrogen and oxygen atoms in total. The first-order valence-electron chi connectivity index (χ1n) is 11.1. The smallest absolute Gasteiger partial charge is 0.338 e. The van der Waals surface area contributed by atoms with E-state index in [0.29, 0.717) is 30.3 Å². The highest BCUT2D eigenvalue weighted by molar-refractivity contribution is 6.08. The second-order valence-electron chi connectivity index (χ2n) is 8.96. The van der Waals surface area contributed by atoms with Crippen molar-refractivity contribution in [1.82, 2.24) is 4.48 Å². The summed E-state index contributed by atoms with van der Waals surface area (Å²) in [5, 5.41) is 9.47. The van der Waals surface area contributed by atoms with E-state index in [1.165, 1.54) is 5.56 Å². The van der Waals surface area contributed by atoms with Gasteiger partial charge in [-0.25, -0.2) is 9.28 Å². The van der Waals surface area contributed by atoms with Crippen LogP contribution in [0.3, 0.4) is 0 Å². The van der Waals surface area contributed by atoms with E-state index in [1.54, 1.807) is 0 Å². The van der Waals surface area contributed by atoms with Crippen LogP contribution in [0.4, 0.5) is 5.69 Å².